The molecular weight excluding hydrogens is 402 g/mol. The molecule has 0 fully saturated rings. The van der Waals surface area contributed by atoms with Gasteiger partial charge in [-0.25, -0.2) is 8.42 Å². The summed E-state index contributed by atoms with van der Waals surface area (Å²) in [6.07, 6.45) is 1.48. The Kier molecular flexibility index (Phi) is 4.99. The molecule has 1 aromatic heterocycles. The monoisotopic (exact) mass is 423 g/mol. The van der Waals surface area contributed by atoms with Crippen molar-refractivity contribution in [2.45, 2.75) is 31.3 Å². The summed E-state index contributed by atoms with van der Waals surface area (Å²) >= 11 is 0. The third kappa shape index (κ3) is 3.41. The lowest BCUT2D eigenvalue weighted by Crippen LogP contribution is -2.30. The third-order valence-corrected chi connectivity index (χ3v) is 7.07. The van der Waals surface area contributed by atoms with E-state index in [9.17, 15) is 18.3 Å². The van der Waals surface area contributed by atoms with Crippen molar-refractivity contribution in [3.05, 3.63) is 100 Å². The molecule has 0 saturated heterocycles. The lowest BCUT2D eigenvalue weighted by Gasteiger charge is -2.26. The van der Waals surface area contributed by atoms with Gasteiger partial charge in [-0.2, -0.15) is 0 Å². The van der Waals surface area contributed by atoms with Crippen molar-refractivity contribution in [1.82, 2.24) is 4.90 Å². The van der Waals surface area contributed by atoms with Gasteiger partial charge in [0.05, 0.1) is 23.7 Å². The number of aliphatic hydroxyl groups excluding tert-OH is 1. The molecule has 4 rings (SSSR count). The number of nitrogens with zero attached hydrogens (tertiary/aromatic N) is 1. The fraction of sp³-hybridized carbons (Fsp3) is 0.174. The highest BCUT2D eigenvalue weighted by Gasteiger charge is 2.47. The van der Waals surface area contributed by atoms with Gasteiger partial charge in [-0.15, -0.1) is 0 Å². The second kappa shape index (κ2) is 7.50. The number of amides is 1. The Morgan fingerprint density at radius 3 is 2.13 bits per heavy atom. The minimum Gasteiger partial charge on any atom is -0.502 e. The Hall–Kier alpha value is -3.32. The van der Waals surface area contributed by atoms with Crippen molar-refractivity contribution in [1.29, 1.82) is 0 Å². The third-order valence-electron chi connectivity index (χ3n) is 5.18. The summed E-state index contributed by atoms with van der Waals surface area (Å²) in [7, 11) is -4.12. The fourth-order valence-electron chi connectivity index (χ4n) is 3.56. The van der Waals surface area contributed by atoms with E-state index in [-0.39, 0.29) is 16.3 Å². The standard InChI is InChI=1S/C23H21NO5S/c1-15-5-9-17(10-6-15)20-22(30(27,28)19-11-7-16(2)8-12-19)21(25)23(26)24(20)14-18-4-3-13-29-18/h3-13,20,25H,14H2,1-2H3/t20-/m1/s1. The molecule has 154 valence electrons. The average molecular weight is 423 g/mol. The Labute approximate surface area is 175 Å². The van der Waals surface area contributed by atoms with E-state index in [4.69, 9.17) is 4.42 Å². The maximum atomic E-state index is 13.5. The molecular formula is C23H21NO5S. The number of hydrogen-bond acceptors (Lipinski definition) is 5. The van der Waals surface area contributed by atoms with Gasteiger partial charge in [0.15, 0.2) is 5.76 Å². The number of sulfone groups is 1. The van der Waals surface area contributed by atoms with Crippen molar-refractivity contribution >= 4 is 15.7 Å². The molecule has 1 N–H and O–H groups in total. The molecule has 2 heterocycles. The van der Waals surface area contributed by atoms with Crippen LogP contribution in [0, 0.1) is 13.8 Å². The molecule has 0 bridgehead atoms. The van der Waals surface area contributed by atoms with Gasteiger partial charge in [-0.3, -0.25) is 4.79 Å². The van der Waals surface area contributed by atoms with Crippen LogP contribution in [0.2, 0.25) is 0 Å². The van der Waals surface area contributed by atoms with E-state index in [2.05, 4.69) is 0 Å². The largest absolute Gasteiger partial charge is 0.502 e. The van der Waals surface area contributed by atoms with E-state index < -0.39 is 27.5 Å². The van der Waals surface area contributed by atoms with Crippen LogP contribution in [-0.4, -0.2) is 24.3 Å². The minimum atomic E-state index is -4.12. The van der Waals surface area contributed by atoms with E-state index in [1.165, 1.54) is 23.3 Å². The van der Waals surface area contributed by atoms with Crippen LogP contribution in [0.4, 0.5) is 0 Å². The molecule has 0 saturated carbocycles. The molecule has 0 spiro atoms. The van der Waals surface area contributed by atoms with Gasteiger partial charge in [0.25, 0.3) is 5.91 Å². The number of rotatable bonds is 5. The molecule has 1 amide bonds. The van der Waals surface area contributed by atoms with E-state index in [1.807, 2.05) is 26.0 Å². The summed E-state index contributed by atoms with van der Waals surface area (Å²) in [4.78, 5) is 14.0. The average Bonchev–Trinajstić information content (AvgIpc) is 3.31. The molecule has 1 aliphatic heterocycles. The number of benzene rings is 2. The molecule has 1 aliphatic rings. The SMILES string of the molecule is Cc1ccc([C@@H]2C(S(=O)(=O)c3ccc(C)cc3)=C(O)C(=O)N2Cc2ccco2)cc1. The Balaban J connectivity index is 1.86. The molecule has 6 nitrogen and oxygen atoms in total. The van der Waals surface area contributed by atoms with Gasteiger partial charge in [-0.05, 0) is 43.7 Å². The van der Waals surface area contributed by atoms with Crippen LogP contribution >= 0.6 is 0 Å². The molecule has 0 radical (unpaired) electrons. The number of hydrogen-bond donors (Lipinski definition) is 1. The maximum absolute atomic E-state index is 13.5. The van der Waals surface area contributed by atoms with Crippen LogP contribution < -0.4 is 0 Å². The van der Waals surface area contributed by atoms with Crippen molar-refractivity contribution in [3.63, 3.8) is 0 Å². The first-order chi connectivity index (χ1) is 14.3. The van der Waals surface area contributed by atoms with Crippen LogP contribution in [0.3, 0.4) is 0 Å². The molecule has 1 atom stereocenters. The molecule has 0 aliphatic carbocycles. The number of aryl methyl sites for hydroxylation is 2. The van der Waals surface area contributed by atoms with Gasteiger partial charge in [0.1, 0.15) is 10.7 Å². The first kappa shape index (κ1) is 20.0. The second-order valence-corrected chi connectivity index (χ2v) is 9.27. The van der Waals surface area contributed by atoms with E-state index in [0.717, 1.165) is 11.1 Å². The van der Waals surface area contributed by atoms with Crippen LogP contribution in [0.15, 0.2) is 86.9 Å². The van der Waals surface area contributed by atoms with Gasteiger partial charge >= 0.3 is 0 Å². The Morgan fingerprint density at radius 2 is 1.57 bits per heavy atom. The second-order valence-electron chi connectivity index (χ2n) is 7.35. The Morgan fingerprint density at radius 1 is 0.967 bits per heavy atom. The summed E-state index contributed by atoms with van der Waals surface area (Å²) in [5.41, 5.74) is 2.50. The van der Waals surface area contributed by atoms with Crippen molar-refractivity contribution in [3.8, 4) is 0 Å². The quantitative estimate of drug-likeness (QED) is 0.664. The predicted molar refractivity (Wildman–Crippen MR) is 111 cm³/mol. The fourth-order valence-corrected chi connectivity index (χ4v) is 5.21. The highest BCUT2D eigenvalue weighted by Crippen LogP contribution is 2.43. The zero-order valence-electron chi connectivity index (χ0n) is 16.6. The number of carbonyl (C=O) groups is 1. The summed E-state index contributed by atoms with van der Waals surface area (Å²) in [5.74, 6) is -1.02. The summed E-state index contributed by atoms with van der Waals surface area (Å²) < 4.78 is 32.3. The maximum Gasteiger partial charge on any atom is 0.291 e. The van der Waals surface area contributed by atoms with E-state index >= 15 is 0 Å². The summed E-state index contributed by atoms with van der Waals surface area (Å²) in [6.45, 7) is 3.80. The van der Waals surface area contributed by atoms with E-state index in [1.54, 1.807) is 36.4 Å². The van der Waals surface area contributed by atoms with Gasteiger partial charge in [0.2, 0.25) is 9.84 Å². The molecule has 3 aromatic rings. The molecule has 7 heteroatoms. The summed E-state index contributed by atoms with van der Waals surface area (Å²) in [5, 5.41) is 10.7. The lowest BCUT2D eigenvalue weighted by molar-refractivity contribution is -0.130. The number of aliphatic hydroxyl groups is 1. The highest BCUT2D eigenvalue weighted by atomic mass is 32.2. The van der Waals surface area contributed by atoms with Crippen molar-refractivity contribution < 1.29 is 22.7 Å². The van der Waals surface area contributed by atoms with E-state index in [0.29, 0.717) is 11.3 Å². The first-order valence-electron chi connectivity index (χ1n) is 9.44. The topological polar surface area (TPSA) is 87.8 Å². The smallest absolute Gasteiger partial charge is 0.291 e. The van der Waals surface area contributed by atoms with Crippen LogP contribution in [0.1, 0.15) is 28.5 Å². The van der Waals surface area contributed by atoms with Gasteiger partial charge in [-0.1, -0.05) is 47.5 Å². The summed E-state index contributed by atoms with van der Waals surface area (Å²) in [6, 6.07) is 16.0. The van der Waals surface area contributed by atoms with Gasteiger partial charge < -0.3 is 14.4 Å². The van der Waals surface area contributed by atoms with Crippen LogP contribution in [-0.2, 0) is 21.2 Å². The lowest BCUT2D eigenvalue weighted by atomic mass is 10.0. The molecule has 30 heavy (non-hydrogen) atoms. The highest BCUT2D eigenvalue weighted by molar-refractivity contribution is 7.95. The molecule has 0 unspecified atom stereocenters. The van der Waals surface area contributed by atoms with Crippen molar-refractivity contribution in [2.24, 2.45) is 0 Å². The van der Waals surface area contributed by atoms with Gasteiger partial charge in [0, 0.05) is 0 Å². The molecule has 2 aromatic carbocycles. The Bertz CT molecular complexity index is 1210. The normalized spacial score (nSPS) is 17.1. The minimum absolute atomic E-state index is 0.0272. The first-order valence-corrected chi connectivity index (χ1v) is 10.9. The zero-order valence-corrected chi connectivity index (χ0v) is 17.4. The van der Waals surface area contributed by atoms with Crippen LogP contribution in [0.5, 0.6) is 0 Å². The predicted octanol–water partition coefficient (Wildman–Crippen LogP) is 4.22. The number of furan rings is 1. The number of carbonyl (C=O) groups excluding carboxylic acids is 1. The van der Waals surface area contributed by atoms with Crippen LogP contribution in [0.25, 0.3) is 0 Å². The zero-order chi connectivity index (χ0) is 21.5. The van der Waals surface area contributed by atoms with Crippen molar-refractivity contribution in [2.75, 3.05) is 0 Å².